The van der Waals surface area contributed by atoms with Gasteiger partial charge in [-0.3, -0.25) is 14.2 Å². The summed E-state index contributed by atoms with van der Waals surface area (Å²) >= 11 is 1.21. The first-order valence-corrected chi connectivity index (χ1v) is 15.1. The highest BCUT2D eigenvalue weighted by atomic mass is 32.1. The quantitative estimate of drug-likeness (QED) is 0.318. The molecule has 0 radical (unpaired) electrons. The number of aromatic nitrogens is 1. The van der Waals surface area contributed by atoms with Crippen molar-refractivity contribution in [3.63, 3.8) is 0 Å². The molecule has 0 spiro atoms. The highest BCUT2D eigenvalue weighted by Crippen LogP contribution is 2.36. The number of fused-ring (bicyclic) bond motifs is 1. The molecule has 0 N–H and O–H groups in total. The topological polar surface area (TPSA) is 118 Å². The van der Waals surface area contributed by atoms with E-state index in [1.807, 2.05) is 0 Å². The first-order valence-electron chi connectivity index (χ1n) is 14.3. The minimum absolute atomic E-state index is 0.0590. The largest absolute Gasteiger partial charge is 0.493 e. The summed E-state index contributed by atoms with van der Waals surface area (Å²) in [5.41, 5.74) is 1.74. The molecule has 1 saturated heterocycles. The maximum absolute atomic E-state index is 14.0. The molecule has 232 valence electrons. The number of likely N-dealkylation sites (tertiary alicyclic amines) is 1. The highest BCUT2D eigenvalue weighted by molar-refractivity contribution is 7.07. The molecule has 3 heterocycles. The van der Waals surface area contributed by atoms with E-state index in [0.29, 0.717) is 49.2 Å². The van der Waals surface area contributed by atoms with Crippen molar-refractivity contribution in [1.29, 1.82) is 0 Å². The predicted molar refractivity (Wildman–Crippen MR) is 164 cm³/mol. The molecule has 44 heavy (non-hydrogen) atoms. The molecule has 0 aliphatic carbocycles. The Morgan fingerprint density at radius 2 is 1.66 bits per heavy atom. The lowest BCUT2D eigenvalue weighted by Gasteiger charge is -2.25. The number of esters is 1. The van der Waals surface area contributed by atoms with Gasteiger partial charge in [0.25, 0.3) is 11.5 Å². The number of hydrogen-bond donors (Lipinski definition) is 0. The van der Waals surface area contributed by atoms with Crippen LogP contribution >= 0.6 is 11.3 Å². The highest BCUT2D eigenvalue weighted by Gasteiger charge is 2.34. The summed E-state index contributed by atoms with van der Waals surface area (Å²) in [6.07, 6.45) is 3.75. The van der Waals surface area contributed by atoms with Gasteiger partial charge in [0.15, 0.2) is 34.4 Å². The number of allylic oxidation sites excluding steroid dienone is 1. The zero-order valence-electron chi connectivity index (χ0n) is 25.4. The normalized spacial score (nSPS) is 16.3. The molecule has 3 aromatic rings. The average molecular weight is 622 g/mol. The van der Waals surface area contributed by atoms with E-state index in [2.05, 4.69) is 4.99 Å². The van der Waals surface area contributed by atoms with Crippen LogP contribution in [0.5, 0.6) is 23.0 Å². The van der Waals surface area contributed by atoms with Crippen LogP contribution in [-0.2, 0) is 14.3 Å². The first kappa shape index (κ1) is 30.9. The molecule has 1 aromatic heterocycles. The standard InChI is InChI=1S/C32H35N3O8S/c1-6-42-31(38)28-19(2)33-32-35(29(28)21-10-12-22(39-3)25(17-21)41-5)30(37)26(44-32)16-20-9-11-23(24(15-20)40-4)43-18-27(36)34-13-7-8-14-34/h9-12,15-17,29H,6-8,13-14,18H2,1-5H3/b26-16+/t29-/m0/s1. The molecule has 1 fully saturated rings. The van der Waals surface area contributed by atoms with Gasteiger partial charge in [0.05, 0.1) is 49.8 Å². The van der Waals surface area contributed by atoms with Crippen LogP contribution in [0.2, 0.25) is 0 Å². The number of benzene rings is 2. The average Bonchev–Trinajstić information content (AvgIpc) is 3.67. The molecule has 12 heteroatoms. The maximum atomic E-state index is 14.0. The lowest BCUT2D eigenvalue weighted by atomic mass is 9.95. The van der Waals surface area contributed by atoms with E-state index >= 15 is 0 Å². The Hall–Kier alpha value is -4.58. The summed E-state index contributed by atoms with van der Waals surface area (Å²) in [5.74, 6) is 1.24. The SMILES string of the molecule is CCOC(=O)C1=C(C)N=c2s/c(=C/c3ccc(OCC(=O)N4CCCC4)c(OC)c3)c(=O)n2[C@H]1c1ccc(OC)c(OC)c1. The van der Waals surface area contributed by atoms with E-state index in [4.69, 9.17) is 23.7 Å². The summed E-state index contributed by atoms with van der Waals surface area (Å²) in [6.45, 7) is 5.06. The van der Waals surface area contributed by atoms with Gasteiger partial charge in [-0.2, -0.15) is 0 Å². The Kier molecular flexibility index (Phi) is 9.38. The van der Waals surface area contributed by atoms with Crippen LogP contribution in [0.1, 0.15) is 43.9 Å². The molecule has 2 aliphatic rings. The van der Waals surface area contributed by atoms with Gasteiger partial charge in [-0.15, -0.1) is 0 Å². The van der Waals surface area contributed by atoms with Crippen molar-refractivity contribution in [2.24, 2.45) is 4.99 Å². The van der Waals surface area contributed by atoms with Crippen LogP contribution in [0.4, 0.5) is 0 Å². The number of thiazole rings is 1. The van der Waals surface area contributed by atoms with Crippen LogP contribution in [0.25, 0.3) is 6.08 Å². The number of methoxy groups -OCH3 is 3. The number of amides is 1. The smallest absolute Gasteiger partial charge is 0.338 e. The lowest BCUT2D eigenvalue weighted by Crippen LogP contribution is -2.40. The van der Waals surface area contributed by atoms with Gasteiger partial charge >= 0.3 is 5.97 Å². The minimum atomic E-state index is -0.800. The fourth-order valence-electron chi connectivity index (χ4n) is 5.37. The van der Waals surface area contributed by atoms with Crippen LogP contribution in [0.15, 0.2) is 57.5 Å². The summed E-state index contributed by atoms with van der Waals surface area (Å²) in [4.78, 5) is 46.5. The third-order valence-electron chi connectivity index (χ3n) is 7.54. The van der Waals surface area contributed by atoms with E-state index in [9.17, 15) is 14.4 Å². The fraction of sp³-hybridized carbons (Fsp3) is 0.375. The van der Waals surface area contributed by atoms with Crippen molar-refractivity contribution in [1.82, 2.24) is 9.47 Å². The van der Waals surface area contributed by atoms with Crippen molar-refractivity contribution in [2.75, 3.05) is 47.6 Å². The molecular formula is C32H35N3O8S. The third kappa shape index (κ3) is 6.07. The first-order chi connectivity index (χ1) is 21.3. The van der Waals surface area contributed by atoms with Gasteiger partial charge in [-0.25, -0.2) is 9.79 Å². The van der Waals surface area contributed by atoms with Crippen LogP contribution in [0.3, 0.4) is 0 Å². The Morgan fingerprint density at radius 1 is 0.977 bits per heavy atom. The van der Waals surface area contributed by atoms with Crippen molar-refractivity contribution in [2.45, 2.75) is 32.7 Å². The Balaban J connectivity index is 1.54. The number of ether oxygens (including phenoxy) is 5. The second-order valence-electron chi connectivity index (χ2n) is 10.2. The molecule has 5 rings (SSSR count). The van der Waals surface area contributed by atoms with Crippen molar-refractivity contribution in [3.8, 4) is 23.0 Å². The Labute approximate surface area is 258 Å². The lowest BCUT2D eigenvalue weighted by molar-refractivity contribution is -0.139. The molecule has 0 bridgehead atoms. The summed E-state index contributed by atoms with van der Waals surface area (Å²) in [7, 11) is 4.58. The third-order valence-corrected chi connectivity index (χ3v) is 8.52. The second kappa shape index (κ2) is 13.4. The van der Waals surface area contributed by atoms with Crippen molar-refractivity contribution < 1.29 is 33.3 Å². The van der Waals surface area contributed by atoms with Gasteiger partial charge in [-0.1, -0.05) is 23.5 Å². The number of rotatable bonds is 10. The molecule has 0 saturated carbocycles. The number of carbonyl (C=O) groups excluding carboxylic acids is 2. The fourth-order valence-corrected chi connectivity index (χ4v) is 6.42. The molecule has 2 aliphatic heterocycles. The summed E-state index contributed by atoms with van der Waals surface area (Å²) < 4.78 is 29.5. The summed E-state index contributed by atoms with van der Waals surface area (Å²) in [6, 6.07) is 9.72. The zero-order valence-corrected chi connectivity index (χ0v) is 26.2. The summed E-state index contributed by atoms with van der Waals surface area (Å²) in [5, 5.41) is 0. The molecule has 1 amide bonds. The Morgan fingerprint density at radius 3 is 2.34 bits per heavy atom. The molecule has 11 nitrogen and oxygen atoms in total. The van der Waals surface area contributed by atoms with E-state index in [1.165, 1.54) is 37.2 Å². The molecule has 0 unspecified atom stereocenters. The predicted octanol–water partition coefficient (Wildman–Crippen LogP) is 2.83. The van der Waals surface area contributed by atoms with E-state index in [0.717, 1.165) is 25.9 Å². The van der Waals surface area contributed by atoms with Gasteiger partial charge in [0, 0.05) is 13.1 Å². The number of carbonyl (C=O) groups is 2. The van der Waals surface area contributed by atoms with Gasteiger partial charge in [-0.05, 0) is 68.2 Å². The van der Waals surface area contributed by atoms with Gasteiger partial charge < -0.3 is 28.6 Å². The van der Waals surface area contributed by atoms with Gasteiger partial charge in [0.1, 0.15) is 0 Å². The van der Waals surface area contributed by atoms with E-state index < -0.39 is 12.0 Å². The Bertz CT molecular complexity index is 1790. The number of nitrogens with zero attached hydrogens (tertiary/aromatic N) is 3. The van der Waals surface area contributed by atoms with Crippen LogP contribution in [-0.4, -0.2) is 69.0 Å². The van der Waals surface area contributed by atoms with Crippen LogP contribution < -0.4 is 33.8 Å². The second-order valence-corrected chi connectivity index (χ2v) is 11.2. The molecule has 2 aromatic carbocycles. The molecular weight excluding hydrogens is 586 g/mol. The van der Waals surface area contributed by atoms with E-state index in [1.54, 1.807) is 61.2 Å². The molecule has 1 atom stereocenters. The van der Waals surface area contributed by atoms with E-state index in [-0.39, 0.29) is 30.3 Å². The number of hydrogen-bond acceptors (Lipinski definition) is 10. The van der Waals surface area contributed by atoms with Crippen LogP contribution in [0, 0.1) is 0 Å². The zero-order chi connectivity index (χ0) is 31.4. The van der Waals surface area contributed by atoms with Crippen molar-refractivity contribution >= 4 is 29.3 Å². The van der Waals surface area contributed by atoms with Crippen molar-refractivity contribution in [3.05, 3.63) is 78.5 Å². The van der Waals surface area contributed by atoms with Gasteiger partial charge in [0.2, 0.25) is 0 Å². The minimum Gasteiger partial charge on any atom is -0.493 e. The maximum Gasteiger partial charge on any atom is 0.338 e. The monoisotopic (exact) mass is 621 g/mol.